The molecule has 0 saturated heterocycles. The van der Waals surface area contributed by atoms with Crippen molar-refractivity contribution in [1.29, 1.82) is 0 Å². The number of benzene rings is 1. The van der Waals surface area contributed by atoms with Crippen LogP contribution in [0.3, 0.4) is 0 Å². The van der Waals surface area contributed by atoms with Gasteiger partial charge in [-0.3, -0.25) is 9.36 Å². The number of nitrogens with one attached hydrogen (secondary N) is 2. The van der Waals surface area contributed by atoms with Crippen molar-refractivity contribution in [2.24, 2.45) is 0 Å². The standard InChI is InChI=1S/C18H21ClN6S/c1-3-24-11-15(10-21-24)9-20-18(26)22-17-7-13(2)25(23-17)12-14-5-4-6-16(19)8-14/h4-8,10-11H,3,9,12H2,1-2H3,(H2,20,22,23,26). The summed E-state index contributed by atoms with van der Waals surface area (Å²) < 4.78 is 3.80. The fourth-order valence-corrected chi connectivity index (χ4v) is 2.94. The maximum Gasteiger partial charge on any atom is 0.172 e. The van der Waals surface area contributed by atoms with Gasteiger partial charge in [0.2, 0.25) is 0 Å². The zero-order valence-corrected chi connectivity index (χ0v) is 16.3. The second-order valence-electron chi connectivity index (χ2n) is 5.97. The molecule has 2 heterocycles. The number of halogens is 1. The minimum absolute atomic E-state index is 0.529. The highest BCUT2D eigenvalue weighted by atomic mass is 35.5. The molecule has 0 aliphatic carbocycles. The molecular weight excluding hydrogens is 368 g/mol. The molecule has 0 atom stereocenters. The molecule has 3 aromatic rings. The summed E-state index contributed by atoms with van der Waals surface area (Å²) in [5.41, 5.74) is 3.22. The van der Waals surface area contributed by atoms with Crippen LogP contribution in [0.5, 0.6) is 0 Å². The number of thiocarbonyl (C=S) groups is 1. The molecule has 0 bridgehead atoms. The Hall–Kier alpha value is -2.38. The highest BCUT2D eigenvalue weighted by molar-refractivity contribution is 7.80. The number of aromatic nitrogens is 4. The topological polar surface area (TPSA) is 59.7 Å². The molecule has 0 radical (unpaired) electrons. The Kier molecular flexibility index (Phi) is 5.90. The van der Waals surface area contributed by atoms with Crippen LogP contribution in [0.15, 0.2) is 42.7 Å². The van der Waals surface area contributed by atoms with Gasteiger partial charge in [-0.05, 0) is 43.8 Å². The van der Waals surface area contributed by atoms with Crippen LogP contribution in [0, 0.1) is 6.92 Å². The van der Waals surface area contributed by atoms with E-state index in [2.05, 4.69) is 27.8 Å². The van der Waals surface area contributed by atoms with Crippen LogP contribution in [-0.2, 0) is 19.6 Å². The second kappa shape index (κ2) is 8.33. The van der Waals surface area contributed by atoms with E-state index in [0.717, 1.165) is 28.4 Å². The van der Waals surface area contributed by atoms with E-state index in [4.69, 9.17) is 23.8 Å². The molecule has 0 aliphatic heterocycles. The van der Waals surface area contributed by atoms with Gasteiger partial charge in [-0.2, -0.15) is 10.2 Å². The molecule has 0 spiro atoms. The van der Waals surface area contributed by atoms with Crippen molar-refractivity contribution in [3.05, 3.63) is 64.6 Å². The number of aryl methyl sites for hydroxylation is 2. The lowest BCUT2D eigenvalue weighted by Crippen LogP contribution is -2.28. The van der Waals surface area contributed by atoms with Crippen LogP contribution in [0.4, 0.5) is 5.82 Å². The molecule has 0 aliphatic rings. The normalized spacial score (nSPS) is 10.7. The van der Waals surface area contributed by atoms with E-state index in [0.29, 0.717) is 24.0 Å². The van der Waals surface area contributed by atoms with Gasteiger partial charge in [-0.1, -0.05) is 23.7 Å². The molecular formula is C18H21ClN6S. The van der Waals surface area contributed by atoms with E-state index in [1.807, 2.05) is 59.0 Å². The van der Waals surface area contributed by atoms with E-state index >= 15 is 0 Å². The first-order chi connectivity index (χ1) is 12.5. The lowest BCUT2D eigenvalue weighted by atomic mass is 10.2. The molecule has 136 valence electrons. The monoisotopic (exact) mass is 388 g/mol. The van der Waals surface area contributed by atoms with Gasteiger partial charge in [0.05, 0.1) is 12.7 Å². The molecule has 0 saturated carbocycles. The average molecular weight is 389 g/mol. The maximum atomic E-state index is 6.05. The zero-order valence-electron chi connectivity index (χ0n) is 14.7. The van der Waals surface area contributed by atoms with Crippen molar-refractivity contribution in [2.45, 2.75) is 33.5 Å². The Labute approximate surface area is 163 Å². The summed E-state index contributed by atoms with van der Waals surface area (Å²) >= 11 is 11.4. The summed E-state index contributed by atoms with van der Waals surface area (Å²) in [5, 5.41) is 16.4. The minimum atomic E-state index is 0.529. The third kappa shape index (κ3) is 4.83. The fourth-order valence-electron chi connectivity index (χ4n) is 2.55. The third-order valence-electron chi connectivity index (χ3n) is 3.91. The molecule has 0 fully saturated rings. The molecule has 8 heteroatoms. The molecule has 0 amide bonds. The molecule has 26 heavy (non-hydrogen) atoms. The Morgan fingerprint density at radius 2 is 2.12 bits per heavy atom. The van der Waals surface area contributed by atoms with Gasteiger partial charge in [0.15, 0.2) is 10.9 Å². The van der Waals surface area contributed by atoms with Gasteiger partial charge >= 0.3 is 0 Å². The van der Waals surface area contributed by atoms with E-state index in [9.17, 15) is 0 Å². The van der Waals surface area contributed by atoms with E-state index in [-0.39, 0.29) is 0 Å². The van der Waals surface area contributed by atoms with Crippen molar-refractivity contribution in [2.75, 3.05) is 5.32 Å². The molecule has 2 N–H and O–H groups in total. The van der Waals surface area contributed by atoms with Gasteiger partial charge in [0.25, 0.3) is 0 Å². The summed E-state index contributed by atoms with van der Waals surface area (Å²) in [4.78, 5) is 0. The fraction of sp³-hybridized carbons (Fsp3) is 0.278. The molecule has 0 unspecified atom stereocenters. The average Bonchev–Trinajstić information content (AvgIpc) is 3.20. The van der Waals surface area contributed by atoms with Crippen molar-refractivity contribution in [1.82, 2.24) is 24.9 Å². The summed E-state index contributed by atoms with van der Waals surface area (Å²) in [6, 6.07) is 9.74. The van der Waals surface area contributed by atoms with Crippen LogP contribution < -0.4 is 10.6 Å². The van der Waals surface area contributed by atoms with Crippen LogP contribution in [0.1, 0.15) is 23.7 Å². The molecule has 6 nitrogen and oxygen atoms in total. The Morgan fingerprint density at radius 3 is 2.85 bits per heavy atom. The first kappa shape index (κ1) is 18.4. The predicted octanol–water partition coefficient (Wildman–Crippen LogP) is 3.60. The maximum absolute atomic E-state index is 6.05. The van der Waals surface area contributed by atoms with E-state index in [1.54, 1.807) is 0 Å². The van der Waals surface area contributed by atoms with Crippen molar-refractivity contribution in [3.63, 3.8) is 0 Å². The largest absolute Gasteiger partial charge is 0.358 e. The van der Waals surface area contributed by atoms with Crippen molar-refractivity contribution >= 4 is 34.7 Å². The number of rotatable bonds is 6. The Morgan fingerprint density at radius 1 is 1.27 bits per heavy atom. The van der Waals surface area contributed by atoms with Crippen LogP contribution >= 0.6 is 23.8 Å². The SMILES string of the molecule is CCn1cc(CNC(=S)Nc2cc(C)n(Cc3cccc(Cl)c3)n2)cn1. The highest BCUT2D eigenvalue weighted by Crippen LogP contribution is 2.14. The van der Waals surface area contributed by atoms with Gasteiger partial charge < -0.3 is 10.6 Å². The van der Waals surface area contributed by atoms with Gasteiger partial charge in [-0.25, -0.2) is 0 Å². The molecule has 3 rings (SSSR count). The smallest absolute Gasteiger partial charge is 0.172 e. The van der Waals surface area contributed by atoms with Crippen LogP contribution in [0.25, 0.3) is 0 Å². The lowest BCUT2D eigenvalue weighted by molar-refractivity contribution is 0.659. The summed E-state index contributed by atoms with van der Waals surface area (Å²) in [5.74, 6) is 0.714. The number of hydrogen-bond donors (Lipinski definition) is 2. The summed E-state index contributed by atoms with van der Waals surface area (Å²) in [6.45, 7) is 6.20. The van der Waals surface area contributed by atoms with Crippen molar-refractivity contribution < 1.29 is 0 Å². The zero-order chi connectivity index (χ0) is 18.5. The molecule has 2 aromatic heterocycles. The van der Waals surface area contributed by atoms with E-state index in [1.165, 1.54) is 0 Å². The Balaban J connectivity index is 1.57. The van der Waals surface area contributed by atoms with Gasteiger partial charge in [0.1, 0.15) is 0 Å². The third-order valence-corrected chi connectivity index (χ3v) is 4.39. The first-order valence-corrected chi connectivity index (χ1v) is 9.17. The Bertz CT molecular complexity index is 901. The highest BCUT2D eigenvalue weighted by Gasteiger charge is 2.07. The van der Waals surface area contributed by atoms with Crippen LogP contribution in [-0.4, -0.2) is 24.7 Å². The summed E-state index contributed by atoms with van der Waals surface area (Å²) in [7, 11) is 0. The number of anilines is 1. The van der Waals surface area contributed by atoms with Crippen LogP contribution in [0.2, 0.25) is 5.02 Å². The van der Waals surface area contributed by atoms with E-state index < -0.39 is 0 Å². The van der Waals surface area contributed by atoms with Gasteiger partial charge in [-0.15, -0.1) is 0 Å². The van der Waals surface area contributed by atoms with Gasteiger partial charge in [0, 0.05) is 41.6 Å². The second-order valence-corrected chi connectivity index (χ2v) is 6.82. The number of hydrogen-bond acceptors (Lipinski definition) is 3. The minimum Gasteiger partial charge on any atom is -0.358 e. The first-order valence-electron chi connectivity index (χ1n) is 8.38. The number of nitrogens with zero attached hydrogens (tertiary/aromatic N) is 4. The molecule has 1 aromatic carbocycles. The summed E-state index contributed by atoms with van der Waals surface area (Å²) in [6.07, 6.45) is 3.84. The predicted molar refractivity (Wildman–Crippen MR) is 108 cm³/mol. The quantitative estimate of drug-likeness (QED) is 0.632. The lowest BCUT2D eigenvalue weighted by Gasteiger charge is -2.07. The van der Waals surface area contributed by atoms with Crippen molar-refractivity contribution in [3.8, 4) is 0 Å².